The van der Waals surface area contributed by atoms with Gasteiger partial charge in [0, 0.05) is 19.4 Å². The van der Waals surface area contributed by atoms with Crippen LogP contribution in [0.3, 0.4) is 0 Å². The first-order chi connectivity index (χ1) is 10.6. The first-order valence-electron chi connectivity index (χ1n) is 6.79. The van der Waals surface area contributed by atoms with E-state index in [1.54, 1.807) is 18.5 Å². The molecule has 0 aliphatic carbocycles. The quantitative estimate of drug-likeness (QED) is 0.705. The van der Waals surface area contributed by atoms with Crippen LogP contribution in [-0.4, -0.2) is 23.9 Å². The zero-order valence-corrected chi connectivity index (χ0v) is 12.3. The van der Waals surface area contributed by atoms with E-state index in [1.165, 1.54) is 16.3 Å². The largest absolute Gasteiger partial charge is 0.354 e. The highest BCUT2D eigenvalue weighted by atomic mass is 16.2. The van der Waals surface area contributed by atoms with Crippen LogP contribution in [0.15, 0.2) is 52.3 Å². The van der Waals surface area contributed by atoms with Gasteiger partial charge in [0.15, 0.2) is 0 Å². The third-order valence-corrected chi connectivity index (χ3v) is 3.41. The van der Waals surface area contributed by atoms with Crippen molar-refractivity contribution >= 4 is 0 Å². The summed E-state index contributed by atoms with van der Waals surface area (Å²) in [5.41, 5.74) is 1.06. The molecule has 112 valence electrons. The van der Waals surface area contributed by atoms with Crippen LogP contribution in [0, 0.1) is 6.92 Å². The van der Waals surface area contributed by atoms with Crippen LogP contribution in [0.2, 0.25) is 0 Å². The van der Waals surface area contributed by atoms with Crippen LogP contribution in [0.5, 0.6) is 0 Å². The maximum Gasteiger partial charge on any atom is 0.354 e. The van der Waals surface area contributed by atoms with Crippen molar-refractivity contribution in [1.82, 2.24) is 23.9 Å². The van der Waals surface area contributed by atoms with Gasteiger partial charge in [0.25, 0.3) is 0 Å². The average molecular weight is 297 g/mol. The van der Waals surface area contributed by atoms with E-state index in [0.29, 0.717) is 6.54 Å². The molecule has 0 radical (unpaired) electrons. The van der Waals surface area contributed by atoms with Crippen molar-refractivity contribution in [2.45, 2.75) is 13.5 Å². The highest BCUT2D eigenvalue weighted by Gasteiger charge is 2.13. The number of aromatic nitrogens is 5. The van der Waals surface area contributed by atoms with Gasteiger partial charge in [0.1, 0.15) is 0 Å². The third kappa shape index (κ3) is 2.48. The molecular weight excluding hydrogens is 282 g/mol. The Morgan fingerprint density at radius 1 is 1.14 bits per heavy atom. The highest BCUT2D eigenvalue weighted by molar-refractivity contribution is 5.23. The first-order valence-corrected chi connectivity index (χ1v) is 6.79. The van der Waals surface area contributed by atoms with Gasteiger partial charge >= 0.3 is 11.4 Å². The van der Waals surface area contributed by atoms with Crippen molar-refractivity contribution in [3.8, 4) is 5.95 Å². The SMILES string of the molecule is Cc1ccc(Cn2c(-n3cccn3)nc(=O)n(C)c2=O)cc1. The van der Waals surface area contributed by atoms with Crippen molar-refractivity contribution in [2.24, 2.45) is 7.05 Å². The Hall–Kier alpha value is -2.96. The molecule has 3 aromatic rings. The maximum absolute atomic E-state index is 12.4. The van der Waals surface area contributed by atoms with Gasteiger partial charge in [0.2, 0.25) is 5.95 Å². The fourth-order valence-corrected chi connectivity index (χ4v) is 2.15. The lowest BCUT2D eigenvalue weighted by atomic mass is 10.1. The zero-order chi connectivity index (χ0) is 15.7. The monoisotopic (exact) mass is 297 g/mol. The van der Waals surface area contributed by atoms with Gasteiger partial charge in [-0.05, 0) is 18.6 Å². The van der Waals surface area contributed by atoms with Crippen molar-refractivity contribution in [3.05, 3.63) is 74.8 Å². The number of hydrogen-bond donors (Lipinski definition) is 0. The molecule has 0 atom stereocenters. The van der Waals surface area contributed by atoms with Crippen molar-refractivity contribution in [1.29, 1.82) is 0 Å². The Bertz CT molecular complexity index is 905. The molecule has 0 aliphatic rings. The lowest BCUT2D eigenvalue weighted by molar-refractivity contribution is 0.574. The Labute approximate surface area is 126 Å². The van der Waals surface area contributed by atoms with E-state index in [-0.39, 0.29) is 5.95 Å². The molecule has 0 N–H and O–H groups in total. The van der Waals surface area contributed by atoms with Crippen molar-refractivity contribution in [3.63, 3.8) is 0 Å². The molecule has 0 saturated carbocycles. The number of rotatable bonds is 3. The zero-order valence-electron chi connectivity index (χ0n) is 12.3. The van der Waals surface area contributed by atoms with Crippen LogP contribution < -0.4 is 11.4 Å². The van der Waals surface area contributed by atoms with Crippen LogP contribution in [0.4, 0.5) is 0 Å². The molecule has 0 unspecified atom stereocenters. The molecule has 0 saturated heterocycles. The van der Waals surface area contributed by atoms with Gasteiger partial charge in [-0.2, -0.15) is 10.1 Å². The van der Waals surface area contributed by atoms with E-state index in [4.69, 9.17) is 0 Å². The second-order valence-corrected chi connectivity index (χ2v) is 5.06. The second-order valence-electron chi connectivity index (χ2n) is 5.06. The first kappa shape index (κ1) is 14.0. The van der Waals surface area contributed by atoms with Gasteiger partial charge in [-0.3, -0.25) is 4.57 Å². The summed E-state index contributed by atoms with van der Waals surface area (Å²) < 4.78 is 3.83. The summed E-state index contributed by atoms with van der Waals surface area (Å²) in [5, 5.41) is 4.06. The molecule has 2 aromatic heterocycles. The Morgan fingerprint density at radius 3 is 2.50 bits per heavy atom. The summed E-state index contributed by atoms with van der Waals surface area (Å²) in [6, 6.07) is 9.55. The average Bonchev–Trinajstić information content (AvgIpc) is 3.04. The van der Waals surface area contributed by atoms with Crippen molar-refractivity contribution < 1.29 is 0 Å². The molecule has 0 aliphatic heterocycles. The number of benzene rings is 1. The molecule has 0 amide bonds. The summed E-state index contributed by atoms with van der Waals surface area (Å²) >= 11 is 0. The smallest absolute Gasteiger partial charge is 0.257 e. The molecule has 3 rings (SSSR count). The Balaban J connectivity index is 2.17. The molecule has 7 nitrogen and oxygen atoms in total. The molecular formula is C15H15N5O2. The fraction of sp³-hybridized carbons (Fsp3) is 0.200. The van der Waals surface area contributed by atoms with E-state index < -0.39 is 11.4 Å². The predicted octanol–water partition coefficient (Wildman–Crippen LogP) is 0.484. The highest BCUT2D eigenvalue weighted by Crippen LogP contribution is 2.06. The molecule has 0 spiro atoms. The van der Waals surface area contributed by atoms with E-state index in [0.717, 1.165) is 15.7 Å². The van der Waals surface area contributed by atoms with Crippen LogP contribution in [-0.2, 0) is 13.6 Å². The topological polar surface area (TPSA) is 74.7 Å². The van der Waals surface area contributed by atoms with E-state index >= 15 is 0 Å². The predicted molar refractivity (Wildman–Crippen MR) is 81.1 cm³/mol. The Kier molecular flexibility index (Phi) is 3.46. The number of nitrogens with zero attached hydrogens (tertiary/aromatic N) is 5. The number of aryl methyl sites for hydroxylation is 1. The second kappa shape index (κ2) is 5.44. The minimum absolute atomic E-state index is 0.207. The van der Waals surface area contributed by atoms with Crippen LogP contribution in [0.25, 0.3) is 5.95 Å². The normalized spacial score (nSPS) is 10.8. The van der Waals surface area contributed by atoms with Crippen molar-refractivity contribution in [2.75, 3.05) is 0 Å². The standard InChI is InChI=1S/C15H15N5O2/c1-11-4-6-12(7-5-11)10-19-13(20-9-3-8-16-20)17-14(21)18(2)15(19)22/h3-9H,10H2,1-2H3. The van der Waals surface area contributed by atoms with E-state index in [2.05, 4.69) is 10.1 Å². The summed E-state index contributed by atoms with van der Waals surface area (Å²) in [5.74, 6) is 0.207. The fourth-order valence-electron chi connectivity index (χ4n) is 2.15. The minimum Gasteiger partial charge on any atom is -0.257 e. The van der Waals surface area contributed by atoms with Gasteiger partial charge in [-0.25, -0.2) is 18.8 Å². The molecule has 2 heterocycles. The molecule has 22 heavy (non-hydrogen) atoms. The number of hydrogen-bond acceptors (Lipinski definition) is 4. The van der Waals surface area contributed by atoms with Crippen LogP contribution in [0.1, 0.15) is 11.1 Å². The lowest BCUT2D eigenvalue weighted by Gasteiger charge is -2.12. The van der Waals surface area contributed by atoms with Gasteiger partial charge in [-0.1, -0.05) is 29.8 Å². The van der Waals surface area contributed by atoms with Gasteiger partial charge < -0.3 is 0 Å². The van der Waals surface area contributed by atoms with E-state index in [1.807, 2.05) is 31.2 Å². The molecule has 1 aromatic carbocycles. The molecule has 0 fully saturated rings. The van der Waals surface area contributed by atoms with Gasteiger partial charge in [0.05, 0.1) is 6.54 Å². The molecule has 0 bridgehead atoms. The molecule has 7 heteroatoms. The summed E-state index contributed by atoms with van der Waals surface area (Å²) in [4.78, 5) is 28.2. The minimum atomic E-state index is -0.601. The third-order valence-electron chi connectivity index (χ3n) is 3.41. The lowest BCUT2D eigenvalue weighted by Crippen LogP contribution is -2.42. The summed E-state index contributed by atoms with van der Waals surface area (Å²) in [6.07, 6.45) is 3.21. The Morgan fingerprint density at radius 2 is 1.86 bits per heavy atom. The summed E-state index contributed by atoms with van der Waals surface area (Å²) in [6.45, 7) is 2.31. The maximum atomic E-state index is 12.4. The van der Waals surface area contributed by atoms with E-state index in [9.17, 15) is 9.59 Å². The summed E-state index contributed by atoms with van der Waals surface area (Å²) in [7, 11) is 1.41. The van der Waals surface area contributed by atoms with Gasteiger partial charge in [-0.15, -0.1) is 0 Å². The van der Waals surface area contributed by atoms with Crippen LogP contribution >= 0.6 is 0 Å².